The fourth-order valence-corrected chi connectivity index (χ4v) is 7.88. The second-order valence-electron chi connectivity index (χ2n) is 11.8. The Morgan fingerprint density at radius 3 is 1.95 bits per heavy atom. The number of hydrogen-bond donors (Lipinski definition) is 0. The van der Waals surface area contributed by atoms with Gasteiger partial charge in [0.1, 0.15) is 0 Å². The van der Waals surface area contributed by atoms with Gasteiger partial charge in [-0.05, 0) is 69.5 Å². The summed E-state index contributed by atoms with van der Waals surface area (Å²) in [5, 5.41) is 0. The van der Waals surface area contributed by atoms with Crippen LogP contribution in [0.15, 0.2) is 96.0 Å². The maximum absolute atomic E-state index is 4.99. The van der Waals surface area contributed by atoms with Crippen LogP contribution in [0, 0.1) is 0 Å². The van der Waals surface area contributed by atoms with Gasteiger partial charge in [-0.15, -0.1) is 0 Å². The number of fused-ring (bicyclic) bond motifs is 10. The molecule has 8 rings (SSSR count). The van der Waals surface area contributed by atoms with Crippen LogP contribution in [0.3, 0.4) is 0 Å². The third-order valence-electron chi connectivity index (χ3n) is 9.52. The average Bonchev–Trinajstić information content (AvgIpc) is 3.27. The molecule has 1 fully saturated rings. The molecule has 0 atom stereocenters. The van der Waals surface area contributed by atoms with Crippen LogP contribution in [0.25, 0.3) is 11.1 Å². The SMILES string of the molecule is CC1(C)c2ccccc2C2(c3ccccc3-c3ccccc32)c2ccc(N3CCCN4CCCN=C43)cc21. The first kappa shape index (κ1) is 22.2. The number of aliphatic imine (C=N–C) groups is 1. The van der Waals surface area contributed by atoms with Gasteiger partial charge in [0, 0.05) is 37.3 Å². The Morgan fingerprint density at radius 1 is 0.605 bits per heavy atom. The lowest BCUT2D eigenvalue weighted by molar-refractivity contribution is 0.360. The fraction of sp³-hybridized carbons (Fsp3) is 0.286. The van der Waals surface area contributed by atoms with Crippen molar-refractivity contribution in [3.05, 3.63) is 124 Å². The summed E-state index contributed by atoms with van der Waals surface area (Å²) in [5.41, 5.74) is 12.0. The van der Waals surface area contributed by atoms with Gasteiger partial charge in [0.05, 0.1) is 5.41 Å². The van der Waals surface area contributed by atoms with E-state index in [1.807, 2.05) is 0 Å². The van der Waals surface area contributed by atoms with Crippen molar-refractivity contribution < 1.29 is 0 Å². The van der Waals surface area contributed by atoms with Crippen molar-refractivity contribution in [2.75, 3.05) is 31.1 Å². The Balaban J connectivity index is 1.43. The average molecular weight is 496 g/mol. The third-order valence-corrected chi connectivity index (χ3v) is 9.52. The zero-order chi connectivity index (χ0) is 25.5. The first-order valence-electron chi connectivity index (χ1n) is 14.1. The van der Waals surface area contributed by atoms with Gasteiger partial charge in [0.25, 0.3) is 0 Å². The molecule has 0 aromatic heterocycles. The monoisotopic (exact) mass is 495 g/mol. The molecule has 1 saturated heterocycles. The molecule has 2 aliphatic carbocycles. The lowest BCUT2D eigenvalue weighted by atomic mass is 9.55. The highest BCUT2D eigenvalue weighted by molar-refractivity contribution is 5.97. The number of hydrogen-bond acceptors (Lipinski definition) is 3. The van der Waals surface area contributed by atoms with Crippen LogP contribution in [-0.2, 0) is 10.8 Å². The summed E-state index contributed by atoms with van der Waals surface area (Å²) < 4.78 is 0. The standard InChI is InChI=1S/C35H33N3/c1-34(2)29-15-7-8-16-30(29)35(27-13-5-3-11-25(27)26-12-4-6-14-28(26)35)31-18-17-24(23-32(31)34)38-22-10-21-37-20-9-19-36-33(37)38/h3-8,11-18,23H,9-10,19-22H2,1-2H3. The lowest BCUT2D eigenvalue weighted by Gasteiger charge is -2.47. The molecule has 0 saturated carbocycles. The lowest BCUT2D eigenvalue weighted by Crippen LogP contribution is -2.52. The zero-order valence-electron chi connectivity index (χ0n) is 22.2. The van der Waals surface area contributed by atoms with Crippen molar-refractivity contribution >= 4 is 11.6 Å². The maximum atomic E-state index is 4.99. The summed E-state index contributed by atoms with van der Waals surface area (Å²) in [7, 11) is 0. The minimum absolute atomic E-state index is 0.122. The molecular formula is C35H33N3. The van der Waals surface area contributed by atoms with E-state index in [9.17, 15) is 0 Å². The van der Waals surface area contributed by atoms with Gasteiger partial charge in [-0.25, -0.2) is 0 Å². The van der Waals surface area contributed by atoms with E-state index in [4.69, 9.17) is 4.99 Å². The zero-order valence-corrected chi connectivity index (χ0v) is 22.2. The minimum atomic E-state index is -0.316. The molecule has 0 radical (unpaired) electrons. The summed E-state index contributed by atoms with van der Waals surface area (Å²) in [5.74, 6) is 1.17. The van der Waals surface area contributed by atoms with Gasteiger partial charge in [-0.2, -0.15) is 0 Å². The van der Waals surface area contributed by atoms with Crippen molar-refractivity contribution in [2.45, 2.75) is 37.5 Å². The van der Waals surface area contributed by atoms with Crippen LogP contribution in [0.2, 0.25) is 0 Å². The molecule has 3 nitrogen and oxygen atoms in total. The van der Waals surface area contributed by atoms with Crippen LogP contribution < -0.4 is 4.90 Å². The van der Waals surface area contributed by atoms with E-state index in [-0.39, 0.29) is 10.8 Å². The van der Waals surface area contributed by atoms with E-state index in [1.54, 1.807) is 0 Å². The van der Waals surface area contributed by atoms with Gasteiger partial charge in [-0.1, -0.05) is 92.7 Å². The number of anilines is 1. The molecule has 2 heterocycles. The van der Waals surface area contributed by atoms with Crippen molar-refractivity contribution in [3.8, 4) is 11.1 Å². The third kappa shape index (κ3) is 2.72. The van der Waals surface area contributed by atoms with Gasteiger partial charge in [0.15, 0.2) is 0 Å². The Bertz CT molecular complexity index is 1580. The van der Waals surface area contributed by atoms with Gasteiger partial charge < -0.3 is 9.80 Å². The van der Waals surface area contributed by atoms with Crippen LogP contribution in [-0.4, -0.2) is 37.0 Å². The minimum Gasteiger partial charge on any atom is -0.342 e. The number of rotatable bonds is 1. The molecule has 188 valence electrons. The molecule has 1 spiro atoms. The molecule has 4 aliphatic rings. The van der Waals surface area contributed by atoms with E-state index in [0.717, 1.165) is 32.6 Å². The second-order valence-corrected chi connectivity index (χ2v) is 11.8. The summed E-state index contributed by atoms with van der Waals surface area (Å²) in [6.45, 7) is 9.03. The molecule has 2 aliphatic heterocycles. The van der Waals surface area contributed by atoms with E-state index in [2.05, 4.69) is 115 Å². The molecule has 4 aromatic rings. The first-order chi connectivity index (χ1) is 18.6. The quantitative estimate of drug-likeness (QED) is 0.250. The Morgan fingerprint density at radius 2 is 1.21 bits per heavy atom. The van der Waals surface area contributed by atoms with Crippen LogP contribution in [0.1, 0.15) is 60.1 Å². The molecule has 0 amide bonds. The van der Waals surface area contributed by atoms with Crippen LogP contribution in [0.4, 0.5) is 5.69 Å². The smallest absolute Gasteiger partial charge is 0.201 e. The molecule has 0 bridgehead atoms. The van der Waals surface area contributed by atoms with Gasteiger partial charge in [0.2, 0.25) is 5.96 Å². The normalized spacial score (nSPS) is 19.7. The molecule has 4 aromatic carbocycles. The highest BCUT2D eigenvalue weighted by Crippen LogP contribution is 2.62. The van der Waals surface area contributed by atoms with Crippen molar-refractivity contribution in [1.82, 2.24) is 4.90 Å². The summed E-state index contributed by atoms with van der Waals surface area (Å²) in [4.78, 5) is 9.95. The van der Waals surface area contributed by atoms with Gasteiger partial charge >= 0.3 is 0 Å². The van der Waals surface area contributed by atoms with Crippen molar-refractivity contribution in [1.29, 1.82) is 0 Å². The summed E-state index contributed by atoms with van der Waals surface area (Å²) >= 11 is 0. The van der Waals surface area contributed by atoms with Crippen molar-refractivity contribution in [3.63, 3.8) is 0 Å². The predicted octanol–water partition coefficient (Wildman–Crippen LogP) is 6.96. The summed E-state index contributed by atoms with van der Waals surface area (Å²) in [6.07, 6.45) is 2.33. The van der Waals surface area contributed by atoms with Crippen LogP contribution >= 0.6 is 0 Å². The highest BCUT2D eigenvalue weighted by Gasteiger charge is 2.53. The molecule has 0 unspecified atom stereocenters. The Kier molecular flexibility index (Phi) is 4.57. The van der Waals surface area contributed by atoms with Crippen molar-refractivity contribution in [2.24, 2.45) is 4.99 Å². The Labute approximate surface area is 225 Å². The largest absolute Gasteiger partial charge is 0.342 e. The predicted molar refractivity (Wildman–Crippen MR) is 156 cm³/mol. The first-order valence-corrected chi connectivity index (χ1v) is 14.1. The molecule has 38 heavy (non-hydrogen) atoms. The molecule has 3 heteroatoms. The summed E-state index contributed by atoms with van der Waals surface area (Å²) in [6, 6.07) is 34.6. The van der Waals surface area contributed by atoms with Crippen LogP contribution in [0.5, 0.6) is 0 Å². The Hall–Kier alpha value is -3.85. The topological polar surface area (TPSA) is 18.8 Å². The van der Waals surface area contributed by atoms with E-state index in [1.165, 1.54) is 62.6 Å². The van der Waals surface area contributed by atoms with Gasteiger partial charge in [-0.3, -0.25) is 4.99 Å². The molecule has 0 N–H and O–H groups in total. The van der Waals surface area contributed by atoms with E-state index < -0.39 is 0 Å². The molecular weight excluding hydrogens is 462 g/mol. The highest BCUT2D eigenvalue weighted by atomic mass is 15.4. The van der Waals surface area contributed by atoms with E-state index >= 15 is 0 Å². The number of nitrogens with zero attached hydrogens (tertiary/aromatic N) is 3. The van der Waals surface area contributed by atoms with E-state index in [0.29, 0.717) is 0 Å². The number of guanidine groups is 1. The number of benzene rings is 4. The maximum Gasteiger partial charge on any atom is 0.201 e. The fourth-order valence-electron chi connectivity index (χ4n) is 7.88. The second kappa shape index (κ2) is 7.83.